The summed E-state index contributed by atoms with van der Waals surface area (Å²) in [7, 11) is 1.38. The predicted octanol–water partition coefficient (Wildman–Crippen LogP) is 1.35. The summed E-state index contributed by atoms with van der Waals surface area (Å²) in [6.07, 6.45) is -0.975. The number of amides is 2. The molecule has 2 heterocycles. The number of carboxylic acids is 2. The molecule has 0 aliphatic carbocycles. The first kappa shape index (κ1) is 22.9. The van der Waals surface area contributed by atoms with Gasteiger partial charge >= 0.3 is 11.9 Å². The van der Waals surface area contributed by atoms with E-state index in [1.165, 1.54) is 25.3 Å². The number of imide groups is 1. The second-order valence-electron chi connectivity index (χ2n) is 8.00. The van der Waals surface area contributed by atoms with E-state index in [1.54, 1.807) is 24.3 Å². The van der Waals surface area contributed by atoms with E-state index in [0.29, 0.717) is 16.2 Å². The summed E-state index contributed by atoms with van der Waals surface area (Å²) in [4.78, 5) is 62.4. The lowest BCUT2D eigenvalue weighted by atomic mass is 9.77. The number of nitrogens with one attached hydrogen (secondary N) is 1. The molecule has 2 aromatic rings. The lowest BCUT2D eigenvalue weighted by Crippen LogP contribution is -2.57. The van der Waals surface area contributed by atoms with Crippen LogP contribution in [0.15, 0.2) is 48.5 Å². The molecule has 176 valence electrons. The molecular formula is C22H19N3O9. The Labute approximate surface area is 191 Å². The Kier molecular flexibility index (Phi) is 5.53. The van der Waals surface area contributed by atoms with Gasteiger partial charge in [0.15, 0.2) is 0 Å². The van der Waals surface area contributed by atoms with Crippen molar-refractivity contribution >= 4 is 35.1 Å². The van der Waals surface area contributed by atoms with Crippen LogP contribution in [0.1, 0.15) is 18.0 Å². The van der Waals surface area contributed by atoms with Gasteiger partial charge in [0, 0.05) is 23.7 Å². The summed E-state index contributed by atoms with van der Waals surface area (Å²) in [5.41, 5.74) is -2.41. The van der Waals surface area contributed by atoms with Crippen molar-refractivity contribution < 1.29 is 39.1 Å². The number of para-hydroxylation sites is 1. The predicted molar refractivity (Wildman–Crippen MR) is 114 cm³/mol. The fourth-order valence-electron chi connectivity index (χ4n) is 4.87. The first-order valence-electron chi connectivity index (χ1n) is 10.1. The van der Waals surface area contributed by atoms with Gasteiger partial charge in [0.1, 0.15) is 11.3 Å². The summed E-state index contributed by atoms with van der Waals surface area (Å²) in [5.74, 6) is -7.41. The molecule has 12 heteroatoms. The number of nitrogens with zero attached hydrogens (tertiary/aromatic N) is 2. The zero-order valence-electron chi connectivity index (χ0n) is 17.7. The zero-order chi connectivity index (χ0) is 24.8. The third kappa shape index (κ3) is 3.35. The maximum absolute atomic E-state index is 13.6. The summed E-state index contributed by atoms with van der Waals surface area (Å²) in [6.45, 7) is 0. The summed E-state index contributed by atoms with van der Waals surface area (Å²) in [5, 5.41) is 33.5. The van der Waals surface area contributed by atoms with Crippen LogP contribution in [0.4, 0.5) is 11.4 Å². The average molecular weight is 469 g/mol. The number of ether oxygens (including phenoxy) is 1. The maximum Gasteiger partial charge on any atom is 0.325 e. The number of fused-ring (bicyclic) bond motifs is 1. The van der Waals surface area contributed by atoms with Crippen LogP contribution in [-0.2, 0) is 19.2 Å². The number of carbonyl (C=O) groups is 4. The van der Waals surface area contributed by atoms with Crippen molar-refractivity contribution in [2.24, 2.45) is 11.8 Å². The Hall–Kier alpha value is -4.32. The number of carbonyl (C=O) groups excluding carboxylic acids is 2. The highest BCUT2D eigenvalue weighted by Crippen LogP contribution is 2.52. The third-order valence-electron chi connectivity index (χ3n) is 6.24. The molecule has 2 saturated heterocycles. The van der Waals surface area contributed by atoms with Crippen molar-refractivity contribution in [2.45, 2.75) is 18.0 Å². The fraction of sp³-hybridized carbons (Fsp3) is 0.273. The third-order valence-corrected chi connectivity index (χ3v) is 6.24. The number of nitro benzene ring substituents is 1. The Balaban J connectivity index is 1.90. The fourth-order valence-corrected chi connectivity index (χ4v) is 4.87. The number of nitro groups is 1. The van der Waals surface area contributed by atoms with E-state index in [-0.39, 0.29) is 11.4 Å². The van der Waals surface area contributed by atoms with Crippen LogP contribution in [0.5, 0.6) is 5.75 Å². The Bertz CT molecular complexity index is 1230. The average Bonchev–Trinajstić information content (AvgIpc) is 3.27. The smallest absolute Gasteiger partial charge is 0.325 e. The van der Waals surface area contributed by atoms with Crippen LogP contribution in [-0.4, -0.2) is 51.5 Å². The minimum Gasteiger partial charge on any atom is -0.496 e. The largest absolute Gasteiger partial charge is 0.496 e. The van der Waals surface area contributed by atoms with Gasteiger partial charge in [-0.05, 0) is 12.1 Å². The molecule has 12 nitrogen and oxygen atoms in total. The minimum atomic E-state index is -2.30. The molecule has 2 aliphatic heterocycles. The number of non-ortho nitro benzene ring substituents is 1. The monoisotopic (exact) mass is 469 g/mol. The van der Waals surface area contributed by atoms with Crippen molar-refractivity contribution in [2.75, 3.05) is 12.0 Å². The quantitative estimate of drug-likeness (QED) is 0.305. The first-order chi connectivity index (χ1) is 16.1. The molecular weight excluding hydrogens is 450 g/mol. The van der Waals surface area contributed by atoms with E-state index in [4.69, 9.17) is 4.74 Å². The second kappa shape index (κ2) is 8.23. The van der Waals surface area contributed by atoms with E-state index in [0.717, 1.165) is 6.07 Å². The molecule has 0 bridgehead atoms. The molecule has 2 amide bonds. The maximum atomic E-state index is 13.6. The van der Waals surface area contributed by atoms with Gasteiger partial charge in [-0.3, -0.25) is 34.6 Å². The normalized spacial score (nSPS) is 25.8. The minimum absolute atomic E-state index is 0.105. The number of benzene rings is 2. The van der Waals surface area contributed by atoms with Crippen molar-refractivity contribution in [1.29, 1.82) is 0 Å². The standard InChI is InChI=1S/C22H19N3O9/c1-34-14-8-3-2-7-13(14)18-16-17(22(23-18,21(30)31)10-15(26)27)20(29)24(19(16)28)11-5-4-6-12(9-11)25(32)33/h2-9,16-18,23H,10H2,1H3,(H,26,27)(H,30,31). The lowest BCUT2D eigenvalue weighted by molar-refractivity contribution is -0.384. The Morgan fingerprint density at radius 1 is 1.15 bits per heavy atom. The molecule has 0 radical (unpaired) electrons. The van der Waals surface area contributed by atoms with Gasteiger partial charge in [0.2, 0.25) is 11.8 Å². The summed E-state index contributed by atoms with van der Waals surface area (Å²) < 4.78 is 5.34. The van der Waals surface area contributed by atoms with Gasteiger partial charge < -0.3 is 14.9 Å². The van der Waals surface area contributed by atoms with Gasteiger partial charge in [-0.1, -0.05) is 24.3 Å². The number of hydrogen-bond donors (Lipinski definition) is 3. The van der Waals surface area contributed by atoms with E-state index < -0.39 is 58.5 Å². The van der Waals surface area contributed by atoms with Crippen LogP contribution in [0, 0.1) is 22.0 Å². The molecule has 4 atom stereocenters. The van der Waals surface area contributed by atoms with E-state index in [2.05, 4.69) is 5.32 Å². The van der Waals surface area contributed by atoms with Crippen LogP contribution >= 0.6 is 0 Å². The van der Waals surface area contributed by atoms with Crippen LogP contribution in [0.25, 0.3) is 0 Å². The molecule has 0 aromatic heterocycles. The molecule has 4 unspecified atom stereocenters. The number of methoxy groups -OCH3 is 1. The number of hydrogen-bond acceptors (Lipinski definition) is 8. The van der Waals surface area contributed by atoms with Gasteiger partial charge in [-0.15, -0.1) is 0 Å². The number of carboxylic acid groups (broad SMARTS) is 2. The molecule has 34 heavy (non-hydrogen) atoms. The number of aliphatic carboxylic acids is 2. The molecule has 2 fully saturated rings. The second-order valence-corrected chi connectivity index (χ2v) is 8.00. The van der Waals surface area contributed by atoms with Crippen molar-refractivity contribution in [3.8, 4) is 5.75 Å². The topological polar surface area (TPSA) is 176 Å². The summed E-state index contributed by atoms with van der Waals surface area (Å²) >= 11 is 0. The molecule has 2 aromatic carbocycles. The number of rotatable bonds is 7. The van der Waals surface area contributed by atoms with Crippen LogP contribution in [0.2, 0.25) is 0 Å². The van der Waals surface area contributed by atoms with Crippen LogP contribution in [0.3, 0.4) is 0 Å². The van der Waals surface area contributed by atoms with Crippen molar-refractivity contribution in [3.63, 3.8) is 0 Å². The highest BCUT2D eigenvalue weighted by molar-refractivity contribution is 6.24. The SMILES string of the molecule is COc1ccccc1C1NC(CC(=O)O)(C(=O)O)C2C(=O)N(c3cccc([N+](=O)[O-])c3)C(=O)C12. The Morgan fingerprint density at radius 3 is 2.47 bits per heavy atom. The van der Waals surface area contributed by atoms with E-state index in [9.17, 15) is 39.5 Å². The molecule has 0 spiro atoms. The van der Waals surface area contributed by atoms with Gasteiger partial charge in [-0.2, -0.15) is 0 Å². The highest BCUT2D eigenvalue weighted by Gasteiger charge is 2.69. The highest BCUT2D eigenvalue weighted by atomic mass is 16.6. The van der Waals surface area contributed by atoms with Crippen molar-refractivity contribution in [3.05, 3.63) is 64.2 Å². The van der Waals surface area contributed by atoms with Gasteiger partial charge in [0.05, 0.1) is 36.0 Å². The summed E-state index contributed by atoms with van der Waals surface area (Å²) in [6, 6.07) is 10.2. The molecule has 2 aliphatic rings. The Morgan fingerprint density at radius 2 is 1.85 bits per heavy atom. The van der Waals surface area contributed by atoms with Gasteiger partial charge in [-0.25, -0.2) is 4.90 Å². The van der Waals surface area contributed by atoms with Crippen molar-refractivity contribution in [1.82, 2.24) is 5.32 Å². The van der Waals surface area contributed by atoms with Crippen LogP contribution < -0.4 is 15.0 Å². The molecule has 3 N–H and O–H groups in total. The van der Waals surface area contributed by atoms with E-state index in [1.807, 2.05) is 0 Å². The van der Waals surface area contributed by atoms with Gasteiger partial charge in [0.25, 0.3) is 5.69 Å². The first-order valence-corrected chi connectivity index (χ1v) is 10.1. The molecule has 0 saturated carbocycles. The zero-order valence-corrected chi connectivity index (χ0v) is 17.7. The lowest BCUT2D eigenvalue weighted by Gasteiger charge is -2.30. The molecule has 4 rings (SSSR count). The van der Waals surface area contributed by atoms with E-state index >= 15 is 0 Å². The number of anilines is 1.